The van der Waals surface area contributed by atoms with E-state index in [1.165, 1.54) is 0 Å². The molecule has 0 spiro atoms. The van der Waals surface area contributed by atoms with Gasteiger partial charge in [0.1, 0.15) is 5.75 Å². The van der Waals surface area contributed by atoms with Crippen LogP contribution in [0.2, 0.25) is 0 Å². The van der Waals surface area contributed by atoms with Crippen molar-refractivity contribution in [1.29, 1.82) is 0 Å². The highest BCUT2D eigenvalue weighted by atomic mass is 16.5. The number of rotatable bonds is 5. The Hall–Kier alpha value is -1.06. The summed E-state index contributed by atoms with van der Waals surface area (Å²) in [6.45, 7) is 4.29. The van der Waals surface area contributed by atoms with Crippen molar-refractivity contribution in [3.63, 3.8) is 0 Å². The molecular formula is C14H21NO2. The number of ether oxygens (including phenoxy) is 2. The van der Waals surface area contributed by atoms with Crippen LogP contribution in [0, 0.1) is 0 Å². The van der Waals surface area contributed by atoms with Gasteiger partial charge in [0, 0.05) is 30.7 Å². The maximum absolute atomic E-state index is 6.52. The van der Waals surface area contributed by atoms with Gasteiger partial charge in [-0.25, -0.2) is 0 Å². The van der Waals surface area contributed by atoms with Crippen LogP contribution in [0.4, 0.5) is 0 Å². The van der Waals surface area contributed by atoms with Crippen LogP contribution in [0.1, 0.15) is 31.7 Å². The second-order valence-electron chi connectivity index (χ2n) is 4.55. The van der Waals surface area contributed by atoms with Crippen LogP contribution in [0.25, 0.3) is 0 Å². The Kier molecular flexibility index (Phi) is 4.02. The van der Waals surface area contributed by atoms with E-state index >= 15 is 0 Å². The summed E-state index contributed by atoms with van der Waals surface area (Å²) in [6, 6.07) is 8.09. The van der Waals surface area contributed by atoms with E-state index < -0.39 is 0 Å². The van der Waals surface area contributed by atoms with Crippen LogP contribution in [0.5, 0.6) is 5.75 Å². The third-order valence-corrected chi connectivity index (χ3v) is 3.34. The van der Waals surface area contributed by atoms with E-state index in [0.717, 1.165) is 43.8 Å². The number of hydrogen-bond donors (Lipinski definition) is 1. The SMILES string of the molecule is CCOCCCC1(N)CCOc2ccccc21. The zero-order valence-corrected chi connectivity index (χ0v) is 10.4. The first-order chi connectivity index (χ1) is 8.26. The van der Waals surface area contributed by atoms with E-state index in [9.17, 15) is 0 Å². The predicted molar refractivity (Wildman–Crippen MR) is 68.1 cm³/mol. The molecule has 0 saturated carbocycles. The van der Waals surface area contributed by atoms with Crippen LogP contribution in [-0.4, -0.2) is 19.8 Å². The second-order valence-corrected chi connectivity index (χ2v) is 4.55. The van der Waals surface area contributed by atoms with Gasteiger partial charge < -0.3 is 15.2 Å². The molecule has 17 heavy (non-hydrogen) atoms. The van der Waals surface area contributed by atoms with Crippen molar-refractivity contribution in [3.8, 4) is 5.75 Å². The van der Waals surface area contributed by atoms with Gasteiger partial charge in [0.25, 0.3) is 0 Å². The summed E-state index contributed by atoms with van der Waals surface area (Å²) < 4.78 is 11.0. The lowest BCUT2D eigenvalue weighted by Gasteiger charge is -2.35. The second kappa shape index (κ2) is 5.52. The molecule has 0 bridgehead atoms. The molecule has 1 aromatic rings. The molecule has 0 fully saturated rings. The van der Waals surface area contributed by atoms with Gasteiger partial charge in [-0.15, -0.1) is 0 Å². The number of nitrogens with two attached hydrogens (primary N) is 1. The van der Waals surface area contributed by atoms with Gasteiger partial charge in [0.05, 0.1) is 6.61 Å². The lowest BCUT2D eigenvalue weighted by Crippen LogP contribution is -2.41. The van der Waals surface area contributed by atoms with E-state index in [-0.39, 0.29) is 5.54 Å². The third kappa shape index (κ3) is 2.79. The number of para-hydroxylation sites is 1. The van der Waals surface area contributed by atoms with Gasteiger partial charge in [-0.2, -0.15) is 0 Å². The highest BCUT2D eigenvalue weighted by Gasteiger charge is 2.32. The lowest BCUT2D eigenvalue weighted by molar-refractivity contribution is 0.129. The lowest BCUT2D eigenvalue weighted by atomic mass is 9.82. The Labute approximate surface area is 103 Å². The fourth-order valence-electron chi connectivity index (χ4n) is 2.38. The van der Waals surface area contributed by atoms with E-state index in [1.807, 2.05) is 25.1 Å². The predicted octanol–water partition coefficient (Wildman–Crippen LogP) is 2.44. The topological polar surface area (TPSA) is 44.5 Å². The minimum atomic E-state index is -0.244. The molecule has 0 radical (unpaired) electrons. The molecule has 94 valence electrons. The van der Waals surface area contributed by atoms with Crippen LogP contribution in [0.15, 0.2) is 24.3 Å². The fourth-order valence-corrected chi connectivity index (χ4v) is 2.38. The molecule has 1 aliphatic rings. The van der Waals surface area contributed by atoms with Crippen molar-refractivity contribution in [1.82, 2.24) is 0 Å². The van der Waals surface area contributed by atoms with Gasteiger partial charge >= 0.3 is 0 Å². The quantitative estimate of drug-likeness (QED) is 0.797. The monoisotopic (exact) mass is 235 g/mol. The zero-order chi connectivity index (χ0) is 12.1. The maximum Gasteiger partial charge on any atom is 0.124 e. The van der Waals surface area contributed by atoms with E-state index in [2.05, 4.69) is 6.07 Å². The van der Waals surface area contributed by atoms with Crippen molar-refractivity contribution in [3.05, 3.63) is 29.8 Å². The van der Waals surface area contributed by atoms with E-state index in [0.29, 0.717) is 6.61 Å². The standard InChI is InChI=1S/C14H21NO2/c1-2-16-10-5-8-14(15)9-11-17-13-7-4-3-6-12(13)14/h3-4,6-7H,2,5,8-11,15H2,1H3. The molecule has 3 heteroatoms. The number of fused-ring (bicyclic) bond motifs is 1. The van der Waals surface area contributed by atoms with E-state index in [1.54, 1.807) is 0 Å². The Morgan fingerprint density at radius 1 is 1.41 bits per heavy atom. The summed E-state index contributed by atoms with van der Waals surface area (Å²) in [5.41, 5.74) is 7.41. The fraction of sp³-hybridized carbons (Fsp3) is 0.571. The zero-order valence-electron chi connectivity index (χ0n) is 10.4. The summed E-state index contributed by atoms with van der Waals surface area (Å²) in [7, 11) is 0. The largest absolute Gasteiger partial charge is 0.493 e. The molecule has 2 rings (SSSR count). The van der Waals surface area contributed by atoms with Gasteiger partial charge in [-0.05, 0) is 25.8 Å². The van der Waals surface area contributed by atoms with Crippen LogP contribution >= 0.6 is 0 Å². The minimum Gasteiger partial charge on any atom is -0.493 e. The van der Waals surface area contributed by atoms with Crippen molar-refractivity contribution in [2.45, 2.75) is 31.7 Å². The molecule has 0 saturated heterocycles. The first kappa shape index (κ1) is 12.4. The Balaban J connectivity index is 2.05. The van der Waals surface area contributed by atoms with Gasteiger partial charge in [-0.3, -0.25) is 0 Å². The van der Waals surface area contributed by atoms with Crippen LogP contribution in [-0.2, 0) is 10.3 Å². The maximum atomic E-state index is 6.52. The van der Waals surface area contributed by atoms with Crippen LogP contribution in [0.3, 0.4) is 0 Å². The summed E-state index contributed by atoms with van der Waals surface area (Å²) in [5, 5.41) is 0. The summed E-state index contributed by atoms with van der Waals surface area (Å²) in [5.74, 6) is 0.942. The van der Waals surface area contributed by atoms with Crippen molar-refractivity contribution >= 4 is 0 Å². The molecular weight excluding hydrogens is 214 g/mol. The van der Waals surface area contributed by atoms with Crippen molar-refractivity contribution in [2.75, 3.05) is 19.8 Å². The normalized spacial score (nSPS) is 22.9. The average Bonchev–Trinajstić information content (AvgIpc) is 2.36. The molecule has 0 aliphatic carbocycles. The first-order valence-corrected chi connectivity index (χ1v) is 6.35. The number of hydrogen-bond acceptors (Lipinski definition) is 3. The summed E-state index contributed by atoms with van der Waals surface area (Å²) in [4.78, 5) is 0. The van der Waals surface area contributed by atoms with E-state index in [4.69, 9.17) is 15.2 Å². The summed E-state index contributed by atoms with van der Waals surface area (Å²) >= 11 is 0. The molecule has 2 N–H and O–H groups in total. The highest BCUT2D eigenvalue weighted by Crippen LogP contribution is 2.37. The molecule has 1 aromatic carbocycles. The Bertz CT molecular complexity index is 367. The molecule has 1 atom stereocenters. The molecule has 0 aromatic heterocycles. The third-order valence-electron chi connectivity index (χ3n) is 3.34. The molecule has 1 aliphatic heterocycles. The van der Waals surface area contributed by atoms with Gasteiger partial charge in [-0.1, -0.05) is 18.2 Å². The minimum absolute atomic E-state index is 0.244. The van der Waals surface area contributed by atoms with Crippen molar-refractivity contribution < 1.29 is 9.47 Å². The molecule has 3 nitrogen and oxygen atoms in total. The first-order valence-electron chi connectivity index (χ1n) is 6.35. The Morgan fingerprint density at radius 2 is 2.24 bits per heavy atom. The average molecular weight is 235 g/mol. The van der Waals surface area contributed by atoms with Gasteiger partial charge in [0.15, 0.2) is 0 Å². The molecule has 1 heterocycles. The van der Waals surface area contributed by atoms with Crippen LogP contribution < -0.4 is 10.5 Å². The smallest absolute Gasteiger partial charge is 0.124 e. The van der Waals surface area contributed by atoms with Gasteiger partial charge in [0.2, 0.25) is 0 Å². The molecule has 1 unspecified atom stereocenters. The van der Waals surface area contributed by atoms with Crippen molar-refractivity contribution in [2.24, 2.45) is 5.73 Å². The summed E-state index contributed by atoms with van der Waals surface area (Å²) in [6.07, 6.45) is 2.84. The molecule has 0 amide bonds. The highest BCUT2D eigenvalue weighted by molar-refractivity contribution is 5.40. The number of benzene rings is 1. The Morgan fingerprint density at radius 3 is 3.06 bits per heavy atom.